The number of likely N-dealkylation sites (tertiary alicyclic amines) is 1. The van der Waals surface area contributed by atoms with E-state index < -0.39 is 72.6 Å². The van der Waals surface area contributed by atoms with Gasteiger partial charge in [-0.1, -0.05) is 85.2 Å². The van der Waals surface area contributed by atoms with Crippen molar-refractivity contribution in [3.8, 4) is 0 Å². The number of amides is 4. The van der Waals surface area contributed by atoms with E-state index in [1.165, 1.54) is 19.1 Å². The van der Waals surface area contributed by atoms with Crippen LogP contribution in [0.1, 0.15) is 73.3 Å². The highest BCUT2D eigenvalue weighted by molar-refractivity contribution is 5.90. The smallest absolute Gasteiger partial charge is 0.245 e. The molecule has 1 aromatic rings. The zero-order chi connectivity index (χ0) is 40.2. The summed E-state index contributed by atoms with van der Waals surface area (Å²) in [4.78, 5) is 57.8. The molecule has 1 heterocycles. The molecule has 1 aliphatic rings. The molecular formula is C39H66FN5O8. The predicted octanol–water partition coefficient (Wildman–Crippen LogP) is 2.28. The Kier molecular flexibility index (Phi) is 18.8. The maximum atomic E-state index is 15.2. The number of ether oxygens (including phenoxy) is 2. The number of carbonyl (C=O) groups is 4. The summed E-state index contributed by atoms with van der Waals surface area (Å²) >= 11 is 0. The topological polar surface area (TPSA) is 170 Å². The van der Waals surface area contributed by atoms with Crippen molar-refractivity contribution in [1.82, 2.24) is 25.8 Å². The molecule has 5 N–H and O–H groups in total. The first-order valence-electron chi connectivity index (χ1n) is 18.9. The molecule has 53 heavy (non-hydrogen) atoms. The minimum absolute atomic E-state index is 0.00390. The van der Waals surface area contributed by atoms with Crippen molar-refractivity contribution in [1.29, 1.82) is 0 Å². The van der Waals surface area contributed by atoms with Crippen LogP contribution in [0.5, 0.6) is 0 Å². The molecule has 0 aliphatic carbocycles. The molecule has 14 heteroatoms. The van der Waals surface area contributed by atoms with Crippen LogP contribution < -0.4 is 16.0 Å². The first kappa shape index (κ1) is 46.0. The van der Waals surface area contributed by atoms with Crippen LogP contribution in [0.15, 0.2) is 30.3 Å². The van der Waals surface area contributed by atoms with Crippen molar-refractivity contribution >= 4 is 23.6 Å². The first-order valence-corrected chi connectivity index (χ1v) is 18.9. The van der Waals surface area contributed by atoms with Gasteiger partial charge in [-0.15, -0.1) is 0 Å². The Balaban J connectivity index is 2.30. The van der Waals surface area contributed by atoms with Gasteiger partial charge in [-0.25, -0.2) is 4.39 Å². The number of hydrogen-bond acceptors (Lipinski definition) is 9. The van der Waals surface area contributed by atoms with Gasteiger partial charge < -0.3 is 45.4 Å². The highest BCUT2D eigenvalue weighted by atomic mass is 19.1. The van der Waals surface area contributed by atoms with Crippen LogP contribution in [0, 0.1) is 23.7 Å². The third-order valence-corrected chi connectivity index (χ3v) is 10.7. The summed E-state index contributed by atoms with van der Waals surface area (Å²) in [7, 11) is 6.22. The molecule has 1 saturated heterocycles. The van der Waals surface area contributed by atoms with Crippen molar-refractivity contribution in [3.63, 3.8) is 0 Å². The second kappa shape index (κ2) is 21.7. The Morgan fingerprint density at radius 1 is 0.943 bits per heavy atom. The molecule has 0 unspecified atom stereocenters. The molecule has 0 bridgehead atoms. The van der Waals surface area contributed by atoms with E-state index in [4.69, 9.17) is 9.47 Å². The van der Waals surface area contributed by atoms with Gasteiger partial charge in [0.25, 0.3) is 0 Å². The monoisotopic (exact) mass is 751 g/mol. The van der Waals surface area contributed by atoms with Gasteiger partial charge in [-0.05, 0) is 36.8 Å². The molecule has 0 saturated carbocycles. The Hall–Kier alpha value is -3.17. The normalized spacial score (nSPS) is 20.7. The molecular weight excluding hydrogens is 685 g/mol. The third-order valence-electron chi connectivity index (χ3n) is 10.7. The van der Waals surface area contributed by atoms with E-state index in [0.717, 1.165) is 5.56 Å². The number of halogens is 1. The lowest BCUT2D eigenvalue weighted by Gasteiger charge is -2.41. The molecule has 10 atom stereocenters. The fraction of sp³-hybridized carbons (Fsp3) is 0.744. The Morgan fingerprint density at radius 3 is 2.04 bits per heavy atom. The molecule has 4 amide bonds. The van der Waals surface area contributed by atoms with E-state index >= 15 is 4.39 Å². The largest absolute Gasteiger partial charge is 0.379 e. The van der Waals surface area contributed by atoms with E-state index in [0.29, 0.717) is 6.42 Å². The zero-order valence-corrected chi connectivity index (χ0v) is 33.5. The maximum absolute atomic E-state index is 15.2. The SMILES string of the molecule is CC[C@H](C)[C@@H]([C@@H](CC(=O)N1C[C@@H](F)C[C@H]1[C@H](OC)[C@@H](C)C(=O)N[C@@H](Cc1ccccc1)C(O)O)OC)N(C)C(=O)[C@@H](NC(=O)[C@@H](NC)C(C)C)C(C)C. The first-order chi connectivity index (χ1) is 24.9. The molecule has 2 rings (SSSR count). The van der Waals surface area contributed by atoms with Crippen LogP contribution in [-0.2, 0) is 35.1 Å². The van der Waals surface area contributed by atoms with Crippen molar-refractivity contribution in [2.24, 2.45) is 23.7 Å². The Labute approximate surface area is 315 Å². The van der Waals surface area contributed by atoms with Crippen molar-refractivity contribution in [3.05, 3.63) is 35.9 Å². The minimum Gasteiger partial charge on any atom is -0.379 e. The third kappa shape index (κ3) is 12.4. The summed E-state index contributed by atoms with van der Waals surface area (Å²) in [5.74, 6) is -2.78. The lowest BCUT2D eigenvalue weighted by atomic mass is 9.89. The van der Waals surface area contributed by atoms with Crippen LogP contribution in [0.2, 0.25) is 0 Å². The van der Waals surface area contributed by atoms with Crippen molar-refractivity contribution < 1.29 is 43.3 Å². The number of alkyl halides is 1. The van der Waals surface area contributed by atoms with Gasteiger partial charge in [-0.3, -0.25) is 19.2 Å². The van der Waals surface area contributed by atoms with Crippen LogP contribution in [0.4, 0.5) is 4.39 Å². The van der Waals surface area contributed by atoms with Crippen LogP contribution >= 0.6 is 0 Å². The van der Waals surface area contributed by atoms with Gasteiger partial charge >= 0.3 is 0 Å². The van der Waals surface area contributed by atoms with Gasteiger partial charge in [-0.2, -0.15) is 0 Å². The van der Waals surface area contributed by atoms with Gasteiger partial charge in [0, 0.05) is 27.7 Å². The molecule has 13 nitrogen and oxygen atoms in total. The molecule has 0 radical (unpaired) electrons. The zero-order valence-electron chi connectivity index (χ0n) is 33.5. The average molecular weight is 752 g/mol. The van der Waals surface area contributed by atoms with E-state index in [-0.39, 0.29) is 55.4 Å². The predicted molar refractivity (Wildman–Crippen MR) is 201 cm³/mol. The van der Waals surface area contributed by atoms with E-state index in [1.807, 2.05) is 71.9 Å². The van der Waals surface area contributed by atoms with Gasteiger partial charge in [0.05, 0.1) is 55.3 Å². The molecule has 0 spiro atoms. The fourth-order valence-electron chi connectivity index (χ4n) is 7.43. The minimum atomic E-state index is -1.83. The summed E-state index contributed by atoms with van der Waals surface area (Å²) in [6.45, 7) is 12.9. The number of carbonyl (C=O) groups excluding carboxylic acids is 4. The number of rotatable bonds is 21. The number of nitrogens with zero attached hydrogens (tertiary/aromatic N) is 2. The second-order valence-corrected chi connectivity index (χ2v) is 15.2. The van der Waals surface area contributed by atoms with Crippen LogP contribution in [0.25, 0.3) is 0 Å². The number of nitrogens with one attached hydrogen (secondary N) is 3. The summed E-state index contributed by atoms with van der Waals surface area (Å²) in [6.07, 6.45) is -4.28. The molecule has 1 aliphatic heterocycles. The van der Waals surface area contributed by atoms with Crippen LogP contribution in [-0.4, -0.2) is 133 Å². The van der Waals surface area contributed by atoms with E-state index in [2.05, 4.69) is 16.0 Å². The highest BCUT2D eigenvalue weighted by Crippen LogP contribution is 2.31. The number of aliphatic hydroxyl groups excluding tert-OH is 1. The Morgan fingerprint density at radius 2 is 1.55 bits per heavy atom. The summed E-state index contributed by atoms with van der Waals surface area (Å²) in [5.41, 5.74) is 0.795. The number of aliphatic hydroxyl groups is 2. The molecule has 302 valence electrons. The number of hydrogen-bond donors (Lipinski definition) is 5. The molecule has 1 aromatic carbocycles. The van der Waals surface area contributed by atoms with Crippen LogP contribution in [0.3, 0.4) is 0 Å². The van der Waals surface area contributed by atoms with E-state index in [9.17, 15) is 29.4 Å². The maximum Gasteiger partial charge on any atom is 0.245 e. The van der Waals surface area contributed by atoms with Crippen molar-refractivity contribution in [2.45, 2.75) is 129 Å². The number of likely N-dealkylation sites (N-methyl/N-ethyl adjacent to an activating group) is 2. The lowest BCUT2D eigenvalue weighted by Crippen LogP contribution is -2.59. The summed E-state index contributed by atoms with van der Waals surface area (Å²) in [6, 6.07) is 5.39. The lowest BCUT2D eigenvalue weighted by molar-refractivity contribution is -0.148. The standard InChI is InChI=1S/C39H66FN5O8/c1-12-24(6)34(44(9)38(49)33(23(4)5)43-37(48)32(41-8)22(2)3)30(52-10)20-31(46)45-21-27(40)19-29(45)35(53-11)25(7)36(47)42-28(39(50)51)18-26-16-14-13-15-17-26/h13-17,22-25,27-30,32-35,39,41,50-51H,12,18-21H2,1-11H3,(H,42,47)(H,43,48)/t24-,25+,27-,28-,29-,30+,32-,33-,34-,35+/m0/s1. The van der Waals surface area contributed by atoms with Gasteiger partial charge in [0.2, 0.25) is 23.6 Å². The number of benzene rings is 1. The van der Waals surface area contributed by atoms with Gasteiger partial charge in [0.1, 0.15) is 12.2 Å². The Bertz CT molecular complexity index is 1300. The molecule has 1 fully saturated rings. The van der Waals surface area contributed by atoms with Crippen molar-refractivity contribution in [2.75, 3.05) is 34.9 Å². The fourth-order valence-corrected chi connectivity index (χ4v) is 7.43. The van der Waals surface area contributed by atoms with Gasteiger partial charge in [0.15, 0.2) is 6.29 Å². The van der Waals surface area contributed by atoms with E-state index in [1.54, 1.807) is 25.9 Å². The average Bonchev–Trinajstić information content (AvgIpc) is 3.50. The summed E-state index contributed by atoms with van der Waals surface area (Å²) in [5, 5.41) is 28.7. The molecule has 0 aromatic heterocycles. The summed E-state index contributed by atoms with van der Waals surface area (Å²) < 4.78 is 26.8. The highest BCUT2D eigenvalue weighted by Gasteiger charge is 2.46. The number of methoxy groups -OCH3 is 2. The quantitative estimate of drug-likeness (QED) is 0.118. The second-order valence-electron chi connectivity index (χ2n) is 15.2.